The van der Waals surface area contributed by atoms with Crippen LogP contribution in [0.4, 0.5) is 0 Å². The Bertz CT molecular complexity index is 821. The molecule has 0 aliphatic heterocycles. The van der Waals surface area contributed by atoms with Crippen molar-refractivity contribution >= 4 is 27.0 Å². The van der Waals surface area contributed by atoms with E-state index >= 15 is 0 Å². The van der Waals surface area contributed by atoms with Gasteiger partial charge in [-0.05, 0) is 53.0 Å². The summed E-state index contributed by atoms with van der Waals surface area (Å²) in [4.78, 5) is 13.6. The van der Waals surface area contributed by atoms with Gasteiger partial charge in [0.25, 0.3) is 0 Å². The third kappa shape index (κ3) is 2.58. The van der Waals surface area contributed by atoms with E-state index in [4.69, 9.17) is 0 Å². The Morgan fingerprint density at radius 3 is 2.48 bits per heavy atom. The molecule has 0 saturated heterocycles. The average molecular weight is 345 g/mol. The van der Waals surface area contributed by atoms with Crippen molar-refractivity contribution in [3.05, 3.63) is 46.1 Å². The lowest BCUT2D eigenvalue weighted by molar-refractivity contribution is 0.759. The minimum atomic E-state index is 0.278. The molecule has 5 heteroatoms. The highest BCUT2D eigenvalue weighted by Crippen LogP contribution is 2.23. The van der Waals surface area contributed by atoms with Crippen LogP contribution in [0, 0.1) is 13.8 Å². The van der Waals surface area contributed by atoms with E-state index in [1.807, 2.05) is 17.0 Å². The van der Waals surface area contributed by atoms with E-state index in [9.17, 15) is 0 Å². The molecular formula is C16H17BrN4. The minimum absolute atomic E-state index is 0.278. The second kappa shape index (κ2) is 5.22. The minimum Gasteiger partial charge on any atom is -0.283 e. The summed E-state index contributed by atoms with van der Waals surface area (Å²) < 4.78 is 2.81. The smallest absolute Gasteiger partial charge is 0.143 e. The fourth-order valence-electron chi connectivity index (χ4n) is 2.25. The summed E-state index contributed by atoms with van der Waals surface area (Å²) in [6.07, 6.45) is 1.82. The maximum atomic E-state index is 4.66. The molecule has 1 aromatic carbocycles. The fourth-order valence-corrected chi connectivity index (χ4v) is 2.64. The lowest BCUT2D eigenvalue weighted by Crippen LogP contribution is -2.04. The summed E-state index contributed by atoms with van der Waals surface area (Å²) in [6, 6.07) is 6.19. The van der Waals surface area contributed by atoms with Crippen molar-refractivity contribution in [3.63, 3.8) is 0 Å². The highest BCUT2D eigenvalue weighted by molar-refractivity contribution is 9.10. The first kappa shape index (κ1) is 14.2. The van der Waals surface area contributed by atoms with Crippen molar-refractivity contribution in [2.24, 2.45) is 0 Å². The van der Waals surface area contributed by atoms with Crippen molar-refractivity contribution in [1.29, 1.82) is 0 Å². The van der Waals surface area contributed by atoms with E-state index in [-0.39, 0.29) is 5.92 Å². The Balaban J connectivity index is 2.23. The third-order valence-corrected chi connectivity index (χ3v) is 4.03. The topological polar surface area (TPSA) is 43.6 Å². The maximum absolute atomic E-state index is 4.66. The van der Waals surface area contributed by atoms with Crippen LogP contribution >= 0.6 is 15.9 Å². The molecule has 0 saturated carbocycles. The summed E-state index contributed by atoms with van der Waals surface area (Å²) in [5, 5.41) is 0. The molecule has 0 amide bonds. The first-order valence-electron chi connectivity index (χ1n) is 6.95. The number of fused-ring (bicyclic) bond motifs is 1. The summed E-state index contributed by atoms with van der Waals surface area (Å²) >= 11 is 3.47. The van der Waals surface area contributed by atoms with Gasteiger partial charge in [0.2, 0.25) is 0 Å². The number of aryl methyl sites for hydroxylation is 2. The number of hydrogen-bond donors (Lipinski definition) is 0. The van der Waals surface area contributed by atoms with Gasteiger partial charge >= 0.3 is 0 Å². The van der Waals surface area contributed by atoms with E-state index in [0.717, 1.165) is 27.3 Å². The molecule has 2 heterocycles. The number of imidazole rings is 1. The quantitative estimate of drug-likeness (QED) is 0.650. The monoisotopic (exact) mass is 344 g/mol. The van der Waals surface area contributed by atoms with Gasteiger partial charge in [-0.1, -0.05) is 13.8 Å². The van der Waals surface area contributed by atoms with Gasteiger partial charge in [-0.2, -0.15) is 0 Å². The van der Waals surface area contributed by atoms with Gasteiger partial charge in [0, 0.05) is 12.0 Å². The van der Waals surface area contributed by atoms with Crippen molar-refractivity contribution in [1.82, 2.24) is 19.5 Å². The molecule has 0 bridgehead atoms. The zero-order valence-electron chi connectivity index (χ0n) is 12.6. The van der Waals surface area contributed by atoms with E-state index < -0.39 is 0 Å². The van der Waals surface area contributed by atoms with Crippen LogP contribution in [0.15, 0.2) is 29.1 Å². The van der Waals surface area contributed by atoms with Crippen LogP contribution in [-0.2, 0) is 0 Å². The van der Waals surface area contributed by atoms with Crippen molar-refractivity contribution < 1.29 is 0 Å². The molecule has 0 aliphatic rings. The van der Waals surface area contributed by atoms with Crippen molar-refractivity contribution in [3.8, 4) is 5.82 Å². The lowest BCUT2D eigenvalue weighted by atomic mass is 10.1. The molecule has 0 aliphatic carbocycles. The highest BCUT2D eigenvalue weighted by atomic mass is 79.9. The Morgan fingerprint density at radius 2 is 1.76 bits per heavy atom. The first-order valence-corrected chi connectivity index (χ1v) is 7.74. The van der Waals surface area contributed by atoms with Crippen molar-refractivity contribution in [2.45, 2.75) is 33.6 Å². The summed E-state index contributed by atoms with van der Waals surface area (Å²) in [7, 11) is 0. The Labute approximate surface area is 132 Å². The predicted molar refractivity (Wildman–Crippen MR) is 87.9 cm³/mol. The van der Waals surface area contributed by atoms with Crippen LogP contribution in [0.25, 0.3) is 16.9 Å². The Morgan fingerprint density at radius 1 is 1.05 bits per heavy atom. The molecule has 4 nitrogen and oxygen atoms in total. The summed E-state index contributed by atoms with van der Waals surface area (Å²) in [5.74, 6) is 1.94. The molecule has 0 spiro atoms. The normalized spacial score (nSPS) is 11.5. The average Bonchev–Trinajstić information content (AvgIpc) is 2.81. The van der Waals surface area contributed by atoms with Crippen LogP contribution < -0.4 is 0 Å². The first-order chi connectivity index (χ1) is 9.95. The van der Waals surface area contributed by atoms with Gasteiger partial charge in [-0.25, -0.2) is 15.0 Å². The van der Waals surface area contributed by atoms with Crippen LogP contribution in [0.1, 0.15) is 36.7 Å². The third-order valence-electron chi connectivity index (χ3n) is 3.62. The number of rotatable bonds is 2. The standard InChI is InChI=1S/C16H17BrN4/c1-9(2)16-19-14(17)7-15(20-16)21-8-18-12-5-10(3)11(4)6-13(12)21/h5-9H,1-4H3. The van der Waals surface area contributed by atoms with Gasteiger partial charge in [-0.15, -0.1) is 0 Å². The molecule has 0 radical (unpaired) electrons. The number of hydrogen-bond acceptors (Lipinski definition) is 3. The van der Waals surface area contributed by atoms with Crippen LogP contribution in [0.2, 0.25) is 0 Å². The molecular weight excluding hydrogens is 328 g/mol. The van der Waals surface area contributed by atoms with Gasteiger partial charge in [-0.3, -0.25) is 4.57 Å². The molecule has 0 atom stereocenters. The Hall–Kier alpha value is -1.75. The second-order valence-corrected chi connectivity index (χ2v) is 6.41. The number of halogens is 1. The SMILES string of the molecule is Cc1cc2ncn(-c3cc(Br)nc(C(C)C)n3)c2cc1C. The predicted octanol–water partition coefficient (Wildman–Crippen LogP) is 4.32. The van der Waals surface area contributed by atoms with Gasteiger partial charge in [0.1, 0.15) is 22.6 Å². The van der Waals surface area contributed by atoms with Gasteiger partial charge < -0.3 is 0 Å². The number of aromatic nitrogens is 4. The van der Waals surface area contributed by atoms with Crippen LogP contribution in [0.3, 0.4) is 0 Å². The van der Waals surface area contributed by atoms with E-state index in [0.29, 0.717) is 0 Å². The fraction of sp³-hybridized carbons (Fsp3) is 0.312. The molecule has 3 aromatic rings. The lowest BCUT2D eigenvalue weighted by Gasteiger charge is -2.09. The van der Waals surface area contributed by atoms with Crippen molar-refractivity contribution in [2.75, 3.05) is 0 Å². The molecule has 0 fully saturated rings. The maximum Gasteiger partial charge on any atom is 0.143 e. The van der Waals surface area contributed by atoms with Gasteiger partial charge in [0.15, 0.2) is 0 Å². The summed E-state index contributed by atoms with van der Waals surface area (Å²) in [6.45, 7) is 8.39. The van der Waals surface area contributed by atoms with E-state index in [2.05, 4.69) is 70.7 Å². The molecule has 3 rings (SSSR count). The second-order valence-electron chi connectivity index (χ2n) is 5.60. The summed E-state index contributed by atoms with van der Waals surface area (Å²) in [5.41, 5.74) is 4.55. The molecule has 0 N–H and O–H groups in total. The Kier molecular flexibility index (Phi) is 3.53. The van der Waals surface area contributed by atoms with E-state index in [1.54, 1.807) is 0 Å². The van der Waals surface area contributed by atoms with E-state index in [1.165, 1.54) is 11.1 Å². The van der Waals surface area contributed by atoms with Crippen LogP contribution in [0.5, 0.6) is 0 Å². The number of nitrogens with zero attached hydrogens (tertiary/aromatic N) is 4. The zero-order chi connectivity index (χ0) is 15.1. The van der Waals surface area contributed by atoms with Crippen LogP contribution in [-0.4, -0.2) is 19.5 Å². The zero-order valence-corrected chi connectivity index (χ0v) is 14.1. The molecule has 21 heavy (non-hydrogen) atoms. The molecule has 2 aromatic heterocycles. The highest BCUT2D eigenvalue weighted by Gasteiger charge is 2.11. The van der Waals surface area contributed by atoms with Gasteiger partial charge in [0.05, 0.1) is 11.0 Å². The largest absolute Gasteiger partial charge is 0.283 e. The molecule has 0 unspecified atom stereocenters. The number of benzene rings is 1. The molecule has 108 valence electrons.